The van der Waals surface area contributed by atoms with Crippen molar-refractivity contribution in [3.63, 3.8) is 0 Å². The van der Waals surface area contributed by atoms with E-state index in [1.54, 1.807) is 16.8 Å². The Morgan fingerprint density at radius 3 is 2.95 bits per heavy atom. The maximum atomic E-state index is 12.4. The summed E-state index contributed by atoms with van der Waals surface area (Å²) in [5.41, 5.74) is 3.35. The third-order valence-electron chi connectivity index (χ3n) is 4.14. The third kappa shape index (κ3) is 3.29. The minimum Gasteiger partial charge on any atom is -0.379 e. The number of nitrogens with zero attached hydrogens (tertiary/aromatic N) is 2. The molecule has 0 unspecified atom stereocenters. The Morgan fingerprint density at radius 1 is 1.41 bits per heavy atom. The van der Waals surface area contributed by atoms with E-state index in [0.29, 0.717) is 12.1 Å². The van der Waals surface area contributed by atoms with E-state index < -0.39 is 0 Å². The van der Waals surface area contributed by atoms with Gasteiger partial charge < -0.3 is 10.1 Å². The quantitative estimate of drug-likeness (QED) is 0.938. The maximum Gasteiger partial charge on any atom is 0.251 e. The molecule has 2 heterocycles. The summed E-state index contributed by atoms with van der Waals surface area (Å²) in [5, 5.41) is 3.06. The molecule has 22 heavy (non-hydrogen) atoms. The molecule has 1 fully saturated rings. The van der Waals surface area contributed by atoms with Crippen molar-refractivity contribution in [2.24, 2.45) is 0 Å². The van der Waals surface area contributed by atoms with Crippen LogP contribution in [0.2, 0.25) is 0 Å². The average Bonchev–Trinajstić information content (AvgIpc) is 3.01. The van der Waals surface area contributed by atoms with Gasteiger partial charge in [-0.25, -0.2) is 4.98 Å². The van der Waals surface area contributed by atoms with Gasteiger partial charge in [-0.3, -0.25) is 9.69 Å². The molecule has 1 aliphatic rings. The van der Waals surface area contributed by atoms with Crippen LogP contribution in [0.1, 0.15) is 24.2 Å². The van der Waals surface area contributed by atoms with E-state index in [-0.39, 0.29) is 11.4 Å². The molecule has 0 saturated carbocycles. The molecular formula is C16H21N3O2S. The Balaban J connectivity index is 1.63. The van der Waals surface area contributed by atoms with Crippen molar-refractivity contribution >= 4 is 27.5 Å². The van der Waals surface area contributed by atoms with Crippen LogP contribution in [-0.4, -0.2) is 54.2 Å². The van der Waals surface area contributed by atoms with Gasteiger partial charge >= 0.3 is 0 Å². The molecule has 1 N–H and O–H groups in total. The second-order valence-electron chi connectivity index (χ2n) is 6.13. The summed E-state index contributed by atoms with van der Waals surface area (Å²) in [7, 11) is 0. The number of thiazole rings is 1. The van der Waals surface area contributed by atoms with E-state index in [1.165, 1.54) is 0 Å². The minimum atomic E-state index is -0.0754. The fourth-order valence-corrected chi connectivity index (χ4v) is 3.39. The van der Waals surface area contributed by atoms with Crippen molar-refractivity contribution in [3.8, 4) is 0 Å². The summed E-state index contributed by atoms with van der Waals surface area (Å²) in [5.74, 6) is -0.0309. The number of nitrogens with one attached hydrogen (secondary N) is 1. The highest BCUT2D eigenvalue weighted by atomic mass is 32.1. The van der Waals surface area contributed by atoms with Gasteiger partial charge in [0.25, 0.3) is 5.91 Å². The average molecular weight is 319 g/mol. The molecule has 3 rings (SSSR count). The molecule has 1 aromatic carbocycles. The fourth-order valence-electron chi connectivity index (χ4n) is 2.68. The molecule has 1 aromatic heterocycles. The largest absolute Gasteiger partial charge is 0.379 e. The number of benzene rings is 1. The number of amides is 1. The topological polar surface area (TPSA) is 54.5 Å². The monoisotopic (exact) mass is 319 g/mol. The van der Waals surface area contributed by atoms with Crippen molar-refractivity contribution in [1.82, 2.24) is 15.2 Å². The van der Waals surface area contributed by atoms with Crippen LogP contribution < -0.4 is 5.32 Å². The maximum absolute atomic E-state index is 12.4. The lowest BCUT2D eigenvalue weighted by Crippen LogP contribution is -2.55. The molecule has 6 heteroatoms. The fraction of sp³-hybridized carbons (Fsp3) is 0.500. The standard InChI is InChI=1S/C16H21N3O2S/c1-16(2,19-5-7-21-8-6-19)10-17-15(20)12-3-4-13-14(9-12)22-11-18-13/h3-4,9,11H,5-8,10H2,1-2H3,(H,17,20). The summed E-state index contributed by atoms with van der Waals surface area (Å²) >= 11 is 1.55. The van der Waals surface area contributed by atoms with E-state index in [2.05, 4.69) is 29.0 Å². The predicted octanol–water partition coefficient (Wildman–Crippen LogP) is 2.14. The van der Waals surface area contributed by atoms with E-state index >= 15 is 0 Å². The third-order valence-corrected chi connectivity index (χ3v) is 4.93. The minimum absolute atomic E-state index is 0.0309. The molecule has 0 radical (unpaired) electrons. The van der Waals surface area contributed by atoms with Crippen LogP contribution in [0, 0.1) is 0 Å². The Bertz CT molecular complexity index is 662. The predicted molar refractivity (Wildman–Crippen MR) is 88.4 cm³/mol. The Morgan fingerprint density at radius 2 is 2.18 bits per heavy atom. The lowest BCUT2D eigenvalue weighted by molar-refractivity contribution is -0.00923. The number of morpholine rings is 1. The van der Waals surface area contributed by atoms with Gasteiger partial charge in [-0.2, -0.15) is 0 Å². The lowest BCUT2D eigenvalue weighted by Gasteiger charge is -2.40. The van der Waals surface area contributed by atoms with Crippen LogP contribution >= 0.6 is 11.3 Å². The van der Waals surface area contributed by atoms with Crippen LogP contribution in [-0.2, 0) is 4.74 Å². The number of hydrogen-bond acceptors (Lipinski definition) is 5. The molecule has 1 saturated heterocycles. The summed E-state index contributed by atoms with van der Waals surface area (Å²) < 4.78 is 6.43. The number of carbonyl (C=O) groups is 1. The first-order valence-electron chi connectivity index (χ1n) is 7.50. The van der Waals surface area contributed by atoms with E-state index in [1.807, 2.05) is 18.2 Å². The van der Waals surface area contributed by atoms with Crippen LogP contribution in [0.15, 0.2) is 23.7 Å². The smallest absolute Gasteiger partial charge is 0.251 e. The van der Waals surface area contributed by atoms with Crippen molar-refractivity contribution in [1.29, 1.82) is 0 Å². The molecule has 0 atom stereocenters. The zero-order valence-electron chi connectivity index (χ0n) is 13.0. The SMILES string of the molecule is CC(C)(CNC(=O)c1ccc2ncsc2c1)N1CCOCC1. The first-order valence-corrected chi connectivity index (χ1v) is 8.38. The lowest BCUT2D eigenvalue weighted by atomic mass is 10.0. The van der Waals surface area contributed by atoms with E-state index in [4.69, 9.17) is 4.74 Å². The van der Waals surface area contributed by atoms with Crippen molar-refractivity contribution < 1.29 is 9.53 Å². The van der Waals surface area contributed by atoms with Gasteiger partial charge in [0, 0.05) is 30.7 Å². The molecule has 2 aromatic rings. The van der Waals surface area contributed by atoms with E-state index in [9.17, 15) is 4.79 Å². The summed E-state index contributed by atoms with van der Waals surface area (Å²) in [6, 6.07) is 5.64. The van der Waals surface area contributed by atoms with E-state index in [0.717, 1.165) is 36.5 Å². The van der Waals surface area contributed by atoms with Gasteiger partial charge in [0.1, 0.15) is 0 Å². The van der Waals surface area contributed by atoms with Crippen molar-refractivity contribution in [2.75, 3.05) is 32.8 Å². The van der Waals surface area contributed by atoms with Gasteiger partial charge in [-0.15, -0.1) is 11.3 Å². The van der Waals surface area contributed by atoms with Gasteiger partial charge in [0.15, 0.2) is 0 Å². The highest BCUT2D eigenvalue weighted by Crippen LogP contribution is 2.19. The number of fused-ring (bicyclic) bond motifs is 1. The van der Waals surface area contributed by atoms with Crippen LogP contribution in [0.5, 0.6) is 0 Å². The highest BCUT2D eigenvalue weighted by molar-refractivity contribution is 7.16. The molecule has 1 aliphatic heterocycles. The number of rotatable bonds is 4. The second-order valence-corrected chi connectivity index (χ2v) is 7.02. The molecule has 118 valence electrons. The zero-order valence-corrected chi connectivity index (χ0v) is 13.8. The molecule has 0 aliphatic carbocycles. The Hall–Kier alpha value is -1.50. The summed E-state index contributed by atoms with van der Waals surface area (Å²) in [6.45, 7) is 8.28. The Labute approximate surface area is 134 Å². The number of hydrogen-bond donors (Lipinski definition) is 1. The van der Waals surface area contributed by atoms with Crippen molar-refractivity contribution in [3.05, 3.63) is 29.3 Å². The molecule has 0 bridgehead atoms. The second kappa shape index (κ2) is 6.32. The molecular weight excluding hydrogens is 298 g/mol. The number of aromatic nitrogens is 1. The van der Waals surface area contributed by atoms with Crippen LogP contribution in [0.3, 0.4) is 0 Å². The number of carbonyl (C=O) groups excluding carboxylic acids is 1. The number of ether oxygens (including phenoxy) is 1. The first kappa shape index (κ1) is 15.4. The van der Waals surface area contributed by atoms with Gasteiger partial charge in [-0.05, 0) is 32.0 Å². The van der Waals surface area contributed by atoms with Crippen LogP contribution in [0.25, 0.3) is 10.2 Å². The molecule has 0 spiro atoms. The highest BCUT2D eigenvalue weighted by Gasteiger charge is 2.28. The first-order chi connectivity index (χ1) is 10.6. The van der Waals surface area contributed by atoms with Gasteiger partial charge in [0.2, 0.25) is 0 Å². The molecule has 5 nitrogen and oxygen atoms in total. The van der Waals surface area contributed by atoms with Gasteiger partial charge in [-0.1, -0.05) is 0 Å². The summed E-state index contributed by atoms with van der Waals surface area (Å²) in [4.78, 5) is 19.0. The van der Waals surface area contributed by atoms with Crippen LogP contribution in [0.4, 0.5) is 0 Å². The summed E-state index contributed by atoms with van der Waals surface area (Å²) in [6.07, 6.45) is 0. The normalized spacial score (nSPS) is 16.8. The zero-order chi connectivity index (χ0) is 15.6. The van der Waals surface area contributed by atoms with Gasteiger partial charge in [0.05, 0.1) is 28.9 Å². The van der Waals surface area contributed by atoms with Crippen molar-refractivity contribution in [2.45, 2.75) is 19.4 Å². The molecule has 1 amide bonds. The Kier molecular flexibility index (Phi) is 4.42.